The fourth-order valence-corrected chi connectivity index (χ4v) is 3.03. The Labute approximate surface area is 489 Å². The Morgan fingerprint density at radius 3 is 0.301 bits per heavy atom. The number of hydrogen-bond acceptors (Lipinski definition) is 28. The predicted molar refractivity (Wildman–Crippen MR) is 252 cm³/mol. The Bertz CT molecular complexity index is 2090. The molecule has 0 saturated heterocycles. The summed E-state index contributed by atoms with van der Waals surface area (Å²) < 4.78 is 0. The number of pyridine rings is 6. The normalized spacial score (nSPS) is 7.33. The first-order valence-corrected chi connectivity index (χ1v) is 18.2. The van der Waals surface area contributed by atoms with Crippen LogP contribution in [0.1, 0.15) is 0 Å². The molecular formula is C38H58N18O25V2-10. The smallest absolute Gasteiger partial charge is 0.216 e. The first kappa shape index (κ1) is 112. The minimum atomic E-state index is -2.19. The maximum atomic E-state index is 8.93. The van der Waals surface area contributed by atoms with Crippen LogP contribution in [-0.4, -0.2) is 75.1 Å². The van der Waals surface area contributed by atoms with Crippen molar-refractivity contribution in [3.63, 3.8) is 0 Å². The van der Waals surface area contributed by atoms with Gasteiger partial charge >= 0.3 is 0 Å². The van der Waals surface area contributed by atoms with Crippen LogP contribution >= 0.6 is 0 Å². The molecule has 470 valence electrons. The van der Waals surface area contributed by atoms with E-state index in [0.29, 0.717) is 69.8 Å². The number of carboxylic acids is 8. The van der Waals surface area contributed by atoms with Gasteiger partial charge in [-0.25, -0.2) is 29.9 Å². The van der Waals surface area contributed by atoms with Gasteiger partial charge in [-0.15, -0.1) is 0 Å². The second-order valence-electron chi connectivity index (χ2n) is 11.7. The maximum Gasteiger partial charge on any atom is 0.216 e. The predicted octanol–water partition coefficient (Wildman–Crippen LogP) is -20.7. The third kappa shape index (κ3) is 80.1. The third-order valence-electron chi connectivity index (χ3n) is 5.71. The number of anilines is 12. The molecular weight excluding hydrogens is 1210 g/mol. The largest absolute Gasteiger partial charge is 2.00 e. The monoisotopic (exact) mass is 1270 g/mol. The number of aliphatic carboxylic acids is 8. The summed E-state index contributed by atoms with van der Waals surface area (Å²) in [6, 6.07) is 31.7. The summed E-state index contributed by atoms with van der Waals surface area (Å²) in [5.74, 6) is -10.4. The van der Waals surface area contributed by atoms with E-state index in [1.807, 2.05) is 0 Å². The molecule has 2 radical (unpaired) electrons. The number of rotatable bonds is 0. The Morgan fingerprint density at radius 1 is 0.217 bits per heavy atom. The number of H-pyrrole nitrogens is 6. The molecule has 6 rings (SSSR count). The molecule has 6 aromatic heterocycles. The van der Waals surface area contributed by atoms with Crippen LogP contribution in [0.5, 0.6) is 0 Å². The zero-order valence-corrected chi connectivity index (χ0v) is 44.7. The second-order valence-corrected chi connectivity index (χ2v) is 11.7. The fraction of sp³-hybridized carbons (Fsp3) is 0. The first-order chi connectivity index (χ1) is 33.3. The minimum absolute atomic E-state index is 0. The van der Waals surface area contributed by atoms with E-state index in [2.05, 4.69) is 29.9 Å². The van der Waals surface area contributed by atoms with Crippen molar-refractivity contribution in [3.8, 4) is 0 Å². The van der Waals surface area contributed by atoms with E-state index in [0.717, 1.165) is 0 Å². The van der Waals surface area contributed by atoms with Crippen LogP contribution in [0.2, 0.25) is 0 Å². The molecule has 0 fully saturated rings. The van der Waals surface area contributed by atoms with Gasteiger partial charge < -0.3 is 197 Å². The van der Waals surface area contributed by atoms with Gasteiger partial charge in [0.2, 0.25) is 69.8 Å². The summed E-state index contributed by atoms with van der Waals surface area (Å²) in [5.41, 5.74) is 63.9. The maximum absolute atomic E-state index is 8.93. The Kier molecular flexibility index (Phi) is 88.0. The van der Waals surface area contributed by atoms with Gasteiger partial charge in [0, 0.05) is 110 Å². The molecule has 43 nitrogen and oxygen atoms in total. The van der Waals surface area contributed by atoms with Gasteiger partial charge in [-0.05, 0) is 36.4 Å². The van der Waals surface area contributed by atoms with Gasteiger partial charge in [0.05, 0.1) is 47.8 Å². The van der Waals surface area contributed by atoms with Crippen molar-refractivity contribution in [2.45, 2.75) is 0 Å². The molecule has 0 unspecified atom stereocenters. The van der Waals surface area contributed by atoms with Crippen molar-refractivity contribution in [3.05, 3.63) is 109 Å². The van der Waals surface area contributed by atoms with Gasteiger partial charge in [-0.2, -0.15) is 0 Å². The van der Waals surface area contributed by atoms with Gasteiger partial charge in [0.25, 0.3) is 0 Å². The number of nitrogens with one attached hydrogen (secondary N) is 6. The van der Waals surface area contributed by atoms with E-state index in [1.54, 1.807) is 109 Å². The van der Waals surface area contributed by atoms with Crippen molar-refractivity contribution < 1.29 is 196 Å². The standard InChI is InChI=1S/6C5H7N3.4C2H2O4.5H2O.4O.2V/c6*6-4-2-1-3-5(7)8-4;4*3-1(4)2(5)6;;;;;;;;;;;/h6*1-3H,(H4,6,7,8);4*(H,3,4)(H,5,6);5*1H2;;;;;;/q;;;;;;;;;;;;;;;4*-2;;/p-2. The van der Waals surface area contributed by atoms with Gasteiger partial charge in [-0.3, -0.25) is 0 Å². The molecule has 6 aromatic rings. The minimum Gasteiger partial charge on any atom is -2.00 e. The molecule has 0 aromatic carbocycles. The zero-order chi connectivity index (χ0) is 56.5. The summed E-state index contributed by atoms with van der Waals surface area (Å²) in [7, 11) is 0. The number of aromatic nitrogens is 6. The summed E-state index contributed by atoms with van der Waals surface area (Å²) in [6.07, 6.45) is 0. The Hall–Kier alpha value is -10.9. The molecule has 0 saturated carbocycles. The molecule has 0 amide bonds. The molecule has 0 aliphatic heterocycles. The van der Waals surface area contributed by atoms with E-state index in [9.17, 15) is 0 Å². The van der Waals surface area contributed by atoms with Gasteiger partial charge in [0.15, 0.2) is 0 Å². The molecule has 45 heteroatoms. The van der Waals surface area contributed by atoms with Crippen LogP contribution in [0, 0.1) is 0 Å². The van der Waals surface area contributed by atoms with Gasteiger partial charge in [0.1, 0.15) is 0 Å². The van der Waals surface area contributed by atoms with E-state index in [1.165, 1.54) is 0 Å². The third-order valence-corrected chi connectivity index (χ3v) is 5.71. The summed E-state index contributed by atoms with van der Waals surface area (Å²) in [6.45, 7) is 0. The van der Waals surface area contributed by atoms with Crippen molar-refractivity contribution in [1.29, 1.82) is 0 Å². The topological polar surface area (TPSA) is 990 Å². The quantitative estimate of drug-likeness (QED) is 0.0628. The Balaban J connectivity index is -0.0000000471. The van der Waals surface area contributed by atoms with Crippen molar-refractivity contribution >= 4 is 118 Å². The SMILES string of the molecule is Nc1cccc(N)[nH+]1.Nc1cccc(N)[nH+]1.Nc1cccc(N)[nH+]1.Nc1cccc(N)[nH+]1.Nc1cccc(N)[nH+]1.Nc1cccc(N)[nH+]1.O.O.O.O.O.O=C([O-])C(=O)[O-].O=C([O-])C(=O)[O-].O=C([O-])C(=O)[O-].O=C([O-])C(=O)[O-].[O-2].[O-2].[O-2].[O-2].[V].[V]. The molecule has 40 N–H and O–H groups in total. The van der Waals surface area contributed by atoms with Crippen LogP contribution in [0.4, 0.5) is 69.8 Å². The number of carboxylic acid groups (broad SMARTS) is 8. The van der Waals surface area contributed by atoms with E-state index >= 15 is 0 Å². The van der Waals surface area contributed by atoms with Crippen LogP contribution in [0.25, 0.3) is 0 Å². The van der Waals surface area contributed by atoms with Crippen LogP contribution < -0.4 is 140 Å². The fourth-order valence-electron chi connectivity index (χ4n) is 3.03. The number of nitrogens with two attached hydrogens (primary N) is 12. The molecule has 0 aliphatic rings. The molecule has 83 heavy (non-hydrogen) atoms. The molecule has 0 spiro atoms. The molecule has 0 atom stereocenters. The van der Waals surface area contributed by atoms with Crippen LogP contribution in [0.3, 0.4) is 0 Å². The van der Waals surface area contributed by atoms with Crippen molar-refractivity contribution in [2.75, 3.05) is 68.8 Å². The number of hydrogen-bond donors (Lipinski definition) is 12. The van der Waals surface area contributed by atoms with E-state index in [-0.39, 0.29) is 86.4 Å². The first-order valence-electron chi connectivity index (χ1n) is 18.2. The number of carbonyl (C=O) groups excluding carboxylic acids is 8. The molecule has 0 aliphatic carbocycles. The molecule has 0 bridgehead atoms. The number of aromatic amines is 6. The number of nitrogen functional groups attached to an aromatic ring is 12. The summed E-state index contributed by atoms with van der Waals surface area (Å²) in [4.78, 5) is 87.8. The average molecular weight is 1270 g/mol. The summed E-state index contributed by atoms with van der Waals surface area (Å²) >= 11 is 0. The van der Waals surface area contributed by atoms with Crippen LogP contribution in [-0.2, 0) is 97.4 Å². The van der Waals surface area contributed by atoms with Crippen LogP contribution in [0.15, 0.2) is 109 Å². The molecule has 6 heterocycles. The van der Waals surface area contributed by atoms with Crippen molar-refractivity contribution in [2.24, 2.45) is 0 Å². The van der Waals surface area contributed by atoms with E-state index < -0.39 is 47.8 Å². The van der Waals surface area contributed by atoms with E-state index in [4.69, 9.17) is 148 Å². The average Bonchev–Trinajstić information content (AvgIpc) is 3.25. The zero-order valence-electron chi connectivity index (χ0n) is 41.9. The van der Waals surface area contributed by atoms with Gasteiger partial charge in [-0.1, -0.05) is 0 Å². The van der Waals surface area contributed by atoms with Crippen molar-refractivity contribution in [1.82, 2.24) is 0 Å². The summed E-state index contributed by atoms with van der Waals surface area (Å²) in [5, 5.41) is 71.4. The second kappa shape index (κ2) is 65.4. The Morgan fingerprint density at radius 2 is 0.277 bits per heavy atom. The number of carbonyl (C=O) groups is 8.